The van der Waals surface area contributed by atoms with Crippen LogP contribution in [-0.4, -0.2) is 37.6 Å². The lowest BCUT2D eigenvalue weighted by Crippen LogP contribution is -2.21. The van der Waals surface area contributed by atoms with Crippen molar-refractivity contribution in [3.8, 4) is 0 Å². The molecule has 3 aromatic rings. The van der Waals surface area contributed by atoms with Crippen LogP contribution >= 0.6 is 0 Å². The van der Waals surface area contributed by atoms with Crippen molar-refractivity contribution in [2.45, 2.75) is 19.3 Å². The molecule has 6 heteroatoms. The number of hydrogen-bond acceptors (Lipinski definition) is 5. The monoisotopic (exact) mass is 443 g/mol. The standard InChI is InChI=1S/C27H29N3O3/c1-4-33-25(31)14-7-5-6-12-23(20-15-17-22(18-16-20)30(2)3)27(32)29-24-13-8-10-21-11-9-19-28-26(21)24/h5-11,13-19,23H,4,12H2,1-3H3,(H,29,32)/t23-/m1/s1. The highest BCUT2D eigenvalue weighted by Crippen LogP contribution is 2.27. The second-order valence-corrected chi connectivity index (χ2v) is 7.68. The zero-order valence-electron chi connectivity index (χ0n) is 19.2. The number of allylic oxidation sites excluding steroid dienone is 3. The first kappa shape index (κ1) is 23.7. The van der Waals surface area contributed by atoms with E-state index in [0.717, 1.165) is 22.2 Å². The molecule has 0 radical (unpaired) electrons. The Bertz CT molecular complexity index is 1150. The molecule has 0 saturated heterocycles. The van der Waals surface area contributed by atoms with Crippen LogP contribution in [0.1, 0.15) is 24.8 Å². The van der Waals surface area contributed by atoms with Gasteiger partial charge in [0.15, 0.2) is 0 Å². The topological polar surface area (TPSA) is 71.5 Å². The van der Waals surface area contributed by atoms with Crippen LogP contribution in [0.5, 0.6) is 0 Å². The molecule has 6 nitrogen and oxygen atoms in total. The van der Waals surface area contributed by atoms with Gasteiger partial charge in [0.1, 0.15) is 0 Å². The van der Waals surface area contributed by atoms with Crippen molar-refractivity contribution in [3.05, 3.63) is 90.7 Å². The van der Waals surface area contributed by atoms with Gasteiger partial charge in [0.2, 0.25) is 5.91 Å². The van der Waals surface area contributed by atoms with Crippen molar-refractivity contribution in [2.75, 3.05) is 30.9 Å². The van der Waals surface area contributed by atoms with Gasteiger partial charge in [0.05, 0.1) is 23.7 Å². The number of amides is 1. The van der Waals surface area contributed by atoms with E-state index < -0.39 is 5.92 Å². The van der Waals surface area contributed by atoms with Crippen LogP contribution in [0.25, 0.3) is 10.9 Å². The maximum Gasteiger partial charge on any atom is 0.330 e. The number of ether oxygens (including phenoxy) is 1. The van der Waals surface area contributed by atoms with Gasteiger partial charge in [-0.2, -0.15) is 0 Å². The molecule has 0 fully saturated rings. The first-order chi connectivity index (χ1) is 16.0. The lowest BCUT2D eigenvalue weighted by molar-refractivity contribution is -0.137. The highest BCUT2D eigenvalue weighted by atomic mass is 16.5. The summed E-state index contributed by atoms with van der Waals surface area (Å²) in [6, 6.07) is 17.5. The summed E-state index contributed by atoms with van der Waals surface area (Å²) in [5.41, 5.74) is 3.40. The van der Waals surface area contributed by atoms with E-state index in [1.165, 1.54) is 6.08 Å². The average Bonchev–Trinajstić information content (AvgIpc) is 2.82. The number of fused-ring (bicyclic) bond motifs is 1. The largest absolute Gasteiger partial charge is 0.463 e. The normalized spacial score (nSPS) is 12.2. The predicted molar refractivity (Wildman–Crippen MR) is 133 cm³/mol. The summed E-state index contributed by atoms with van der Waals surface area (Å²) in [7, 11) is 3.96. The van der Waals surface area contributed by atoms with E-state index in [9.17, 15) is 9.59 Å². The Labute approximate surface area is 194 Å². The van der Waals surface area contributed by atoms with E-state index in [2.05, 4.69) is 10.3 Å². The highest BCUT2D eigenvalue weighted by Gasteiger charge is 2.20. The molecule has 0 spiro atoms. The van der Waals surface area contributed by atoms with Gasteiger partial charge in [0.25, 0.3) is 0 Å². The van der Waals surface area contributed by atoms with Crippen LogP contribution < -0.4 is 10.2 Å². The Morgan fingerprint density at radius 3 is 2.55 bits per heavy atom. The molecule has 0 aliphatic heterocycles. The Morgan fingerprint density at radius 2 is 1.82 bits per heavy atom. The maximum atomic E-state index is 13.4. The molecule has 1 atom stereocenters. The fourth-order valence-electron chi connectivity index (χ4n) is 3.44. The first-order valence-electron chi connectivity index (χ1n) is 10.9. The van der Waals surface area contributed by atoms with Gasteiger partial charge in [-0.25, -0.2) is 4.79 Å². The van der Waals surface area contributed by atoms with Crippen molar-refractivity contribution < 1.29 is 14.3 Å². The van der Waals surface area contributed by atoms with Crippen LogP contribution in [0.15, 0.2) is 85.1 Å². The number of nitrogens with zero attached hydrogens (tertiary/aromatic N) is 2. The van der Waals surface area contributed by atoms with Crippen molar-refractivity contribution >= 4 is 34.2 Å². The number of carbonyl (C=O) groups excluding carboxylic acids is 2. The summed E-state index contributed by atoms with van der Waals surface area (Å²) in [6.45, 7) is 2.10. The summed E-state index contributed by atoms with van der Waals surface area (Å²) < 4.78 is 4.88. The zero-order valence-corrected chi connectivity index (χ0v) is 19.2. The number of carbonyl (C=O) groups is 2. The fourth-order valence-corrected chi connectivity index (χ4v) is 3.44. The fraction of sp³-hybridized carbons (Fsp3) is 0.222. The van der Waals surface area contributed by atoms with Gasteiger partial charge < -0.3 is 15.0 Å². The van der Waals surface area contributed by atoms with E-state index in [1.54, 1.807) is 25.3 Å². The molecule has 0 aliphatic rings. The van der Waals surface area contributed by atoms with Crippen molar-refractivity contribution in [3.63, 3.8) is 0 Å². The van der Waals surface area contributed by atoms with Crippen LogP contribution in [0.4, 0.5) is 11.4 Å². The lowest BCUT2D eigenvalue weighted by Gasteiger charge is -2.18. The third-order valence-corrected chi connectivity index (χ3v) is 5.16. The van der Waals surface area contributed by atoms with Gasteiger partial charge in [-0.1, -0.05) is 48.6 Å². The second-order valence-electron chi connectivity index (χ2n) is 7.68. The van der Waals surface area contributed by atoms with Crippen LogP contribution in [0.3, 0.4) is 0 Å². The van der Waals surface area contributed by atoms with Crippen molar-refractivity contribution in [1.29, 1.82) is 0 Å². The minimum Gasteiger partial charge on any atom is -0.463 e. The summed E-state index contributed by atoms with van der Waals surface area (Å²) in [5, 5.41) is 4.02. The number of nitrogens with one attached hydrogen (secondary N) is 1. The van der Waals surface area contributed by atoms with Gasteiger partial charge in [-0.05, 0) is 43.2 Å². The van der Waals surface area contributed by atoms with Gasteiger partial charge in [-0.15, -0.1) is 0 Å². The molecule has 170 valence electrons. The molecule has 0 bridgehead atoms. The van der Waals surface area contributed by atoms with Crippen LogP contribution in [0.2, 0.25) is 0 Å². The molecule has 1 N–H and O–H groups in total. The third kappa shape index (κ3) is 6.53. The SMILES string of the molecule is CCOC(=O)C=CC=CC[C@@H](C(=O)Nc1cccc2cccnc12)c1ccc(N(C)C)cc1. The van der Waals surface area contributed by atoms with E-state index >= 15 is 0 Å². The van der Waals surface area contributed by atoms with E-state index in [4.69, 9.17) is 4.74 Å². The molecular weight excluding hydrogens is 414 g/mol. The van der Waals surface area contributed by atoms with Crippen molar-refractivity contribution in [2.24, 2.45) is 0 Å². The number of anilines is 2. The summed E-state index contributed by atoms with van der Waals surface area (Å²) in [6.07, 6.45) is 8.80. The molecule has 0 aliphatic carbocycles. The number of para-hydroxylation sites is 1. The Kier molecular flexibility index (Phi) is 8.36. The number of aromatic nitrogens is 1. The molecule has 1 aromatic heterocycles. The van der Waals surface area contributed by atoms with E-state index in [0.29, 0.717) is 18.7 Å². The average molecular weight is 444 g/mol. The Hall–Kier alpha value is -3.93. The molecule has 1 heterocycles. The Balaban J connectivity index is 1.82. The second kappa shape index (κ2) is 11.6. The summed E-state index contributed by atoms with van der Waals surface area (Å²) in [5.74, 6) is -0.920. The third-order valence-electron chi connectivity index (χ3n) is 5.16. The molecule has 1 amide bonds. The molecule has 0 unspecified atom stereocenters. The predicted octanol–water partition coefficient (Wildman–Crippen LogP) is 5.09. The highest BCUT2D eigenvalue weighted by molar-refractivity contribution is 6.02. The maximum absolute atomic E-state index is 13.4. The molecule has 0 saturated carbocycles. The molecule has 2 aromatic carbocycles. The number of pyridine rings is 1. The van der Waals surface area contributed by atoms with Gasteiger partial charge in [-0.3, -0.25) is 9.78 Å². The number of rotatable bonds is 9. The van der Waals surface area contributed by atoms with E-state index in [1.807, 2.05) is 79.7 Å². The van der Waals surface area contributed by atoms with Gasteiger partial charge >= 0.3 is 5.97 Å². The molecule has 33 heavy (non-hydrogen) atoms. The zero-order chi connectivity index (χ0) is 23.6. The quantitative estimate of drug-likeness (QED) is 0.283. The number of benzene rings is 2. The summed E-state index contributed by atoms with van der Waals surface area (Å²) in [4.78, 5) is 31.3. The number of esters is 1. The van der Waals surface area contributed by atoms with E-state index in [-0.39, 0.29) is 11.9 Å². The minimum absolute atomic E-state index is 0.121. The lowest BCUT2D eigenvalue weighted by atomic mass is 9.94. The molecule has 3 rings (SSSR count). The first-order valence-corrected chi connectivity index (χ1v) is 10.9. The smallest absolute Gasteiger partial charge is 0.330 e. The van der Waals surface area contributed by atoms with Crippen LogP contribution in [-0.2, 0) is 14.3 Å². The van der Waals surface area contributed by atoms with Crippen LogP contribution in [0, 0.1) is 0 Å². The Morgan fingerprint density at radius 1 is 1.06 bits per heavy atom. The van der Waals surface area contributed by atoms with Crippen molar-refractivity contribution in [1.82, 2.24) is 4.98 Å². The summed E-state index contributed by atoms with van der Waals surface area (Å²) >= 11 is 0. The number of hydrogen-bond donors (Lipinski definition) is 1. The van der Waals surface area contributed by atoms with Gasteiger partial charge in [0, 0.05) is 37.4 Å². The minimum atomic E-state index is -0.410. The molecular formula is C27H29N3O3.